The van der Waals surface area contributed by atoms with Gasteiger partial charge in [-0.25, -0.2) is 0 Å². The third-order valence-electron chi connectivity index (χ3n) is 4.81. The van der Waals surface area contributed by atoms with E-state index in [0.717, 1.165) is 36.1 Å². The fraction of sp³-hybridized carbons (Fsp3) is 0.786. The first-order chi connectivity index (χ1) is 8.24. The second-order valence-electron chi connectivity index (χ2n) is 5.70. The zero-order valence-corrected chi connectivity index (χ0v) is 10.9. The number of anilines is 1. The average molecular weight is 233 g/mol. The van der Waals surface area contributed by atoms with Gasteiger partial charge in [-0.05, 0) is 43.9 Å². The highest BCUT2D eigenvalue weighted by Crippen LogP contribution is 2.51. The van der Waals surface area contributed by atoms with Crippen molar-refractivity contribution in [2.75, 3.05) is 5.73 Å². The van der Waals surface area contributed by atoms with Gasteiger partial charge in [0.15, 0.2) is 0 Å². The molecule has 3 unspecified atom stereocenters. The number of aromatic nitrogens is 2. The summed E-state index contributed by atoms with van der Waals surface area (Å²) < 4.78 is 2.29. The summed E-state index contributed by atoms with van der Waals surface area (Å²) in [6.07, 6.45) is 7.57. The molecule has 0 radical (unpaired) electrons. The molecule has 3 nitrogen and oxygen atoms in total. The molecule has 0 aliphatic heterocycles. The third-order valence-corrected chi connectivity index (χ3v) is 4.81. The molecule has 1 heterocycles. The van der Waals surface area contributed by atoms with Crippen LogP contribution >= 0.6 is 0 Å². The van der Waals surface area contributed by atoms with Crippen LogP contribution in [0.2, 0.25) is 0 Å². The van der Waals surface area contributed by atoms with E-state index < -0.39 is 0 Å². The van der Waals surface area contributed by atoms with Crippen molar-refractivity contribution in [2.45, 2.75) is 58.4 Å². The van der Waals surface area contributed by atoms with E-state index in [2.05, 4.69) is 18.5 Å². The number of hydrogen-bond acceptors (Lipinski definition) is 2. The molecule has 1 aromatic heterocycles. The fourth-order valence-electron chi connectivity index (χ4n) is 3.93. The first kappa shape index (κ1) is 11.1. The van der Waals surface area contributed by atoms with Gasteiger partial charge in [0.25, 0.3) is 0 Å². The number of nitrogens with two attached hydrogens (primary N) is 1. The maximum atomic E-state index is 6.21. The maximum absolute atomic E-state index is 6.21. The summed E-state index contributed by atoms with van der Waals surface area (Å²) in [6, 6.07) is 0.645. The first-order valence-electron chi connectivity index (χ1n) is 7.10. The van der Waals surface area contributed by atoms with E-state index in [0.29, 0.717) is 6.04 Å². The molecule has 0 saturated heterocycles. The quantitative estimate of drug-likeness (QED) is 0.872. The molecular formula is C14H23N3. The Morgan fingerprint density at radius 1 is 1.24 bits per heavy atom. The van der Waals surface area contributed by atoms with Crippen molar-refractivity contribution in [3.63, 3.8) is 0 Å². The number of fused-ring (bicyclic) bond motifs is 2. The number of nitrogens with zero attached hydrogens (tertiary/aromatic N) is 2. The lowest BCUT2D eigenvalue weighted by Gasteiger charge is -2.24. The lowest BCUT2D eigenvalue weighted by molar-refractivity contribution is 0.299. The van der Waals surface area contributed by atoms with Crippen molar-refractivity contribution in [2.24, 2.45) is 11.8 Å². The molecule has 94 valence electrons. The van der Waals surface area contributed by atoms with Crippen LogP contribution in [-0.2, 0) is 12.8 Å². The Labute approximate surface area is 103 Å². The molecule has 3 atom stereocenters. The largest absolute Gasteiger partial charge is 0.396 e. The van der Waals surface area contributed by atoms with Gasteiger partial charge in [-0.1, -0.05) is 20.3 Å². The van der Waals surface area contributed by atoms with Crippen LogP contribution in [0.15, 0.2) is 0 Å². The third kappa shape index (κ3) is 1.59. The molecule has 2 aliphatic rings. The van der Waals surface area contributed by atoms with Crippen molar-refractivity contribution >= 4 is 5.69 Å². The predicted octanol–water partition coefficient (Wildman–Crippen LogP) is 2.95. The Balaban J connectivity index is 1.97. The number of nitrogen functional groups attached to an aromatic ring is 1. The van der Waals surface area contributed by atoms with Crippen LogP contribution in [-0.4, -0.2) is 9.78 Å². The molecule has 2 saturated carbocycles. The van der Waals surface area contributed by atoms with E-state index in [-0.39, 0.29) is 0 Å². The molecule has 2 fully saturated rings. The second kappa shape index (κ2) is 4.04. The minimum absolute atomic E-state index is 0.645. The zero-order valence-electron chi connectivity index (χ0n) is 10.9. The highest BCUT2D eigenvalue weighted by Gasteiger charge is 2.41. The van der Waals surface area contributed by atoms with Gasteiger partial charge in [0.05, 0.1) is 23.1 Å². The van der Waals surface area contributed by atoms with Gasteiger partial charge in [-0.2, -0.15) is 5.10 Å². The van der Waals surface area contributed by atoms with Crippen LogP contribution in [0.3, 0.4) is 0 Å². The predicted molar refractivity (Wildman–Crippen MR) is 69.9 cm³/mol. The zero-order chi connectivity index (χ0) is 12.0. The lowest BCUT2D eigenvalue weighted by Crippen LogP contribution is -2.19. The topological polar surface area (TPSA) is 43.8 Å². The summed E-state index contributed by atoms with van der Waals surface area (Å²) >= 11 is 0. The molecular weight excluding hydrogens is 210 g/mol. The van der Waals surface area contributed by atoms with E-state index in [1.165, 1.54) is 31.4 Å². The van der Waals surface area contributed by atoms with E-state index >= 15 is 0 Å². The van der Waals surface area contributed by atoms with E-state index in [1.807, 2.05) is 0 Å². The summed E-state index contributed by atoms with van der Waals surface area (Å²) in [7, 11) is 0. The highest BCUT2D eigenvalue weighted by atomic mass is 15.3. The number of hydrogen-bond donors (Lipinski definition) is 1. The normalized spacial score (nSPS) is 31.3. The van der Waals surface area contributed by atoms with Crippen LogP contribution in [0, 0.1) is 11.8 Å². The monoisotopic (exact) mass is 233 g/mol. The van der Waals surface area contributed by atoms with Crippen molar-refractivity contribution in [1.82, 2.24) is 9.78 Å². The van der Waals surface area contributed by atoms with Crippen LogP contribution in [0.5, 0.6) is 0 Å². The summed E-state index contributed by atoms with van der Waals surface area (Å²) in [5.74, 6) is 1.83. The molecule has 1 aromatic rings. The van der Waals surface area contributed by atoms with Gasteiger partial charge in [0.2, 0.25) is 0 Å². The van der Waals surface area contributed by atoms with Crippen molar-refractivity contribution in [3.05, 3.63) is 11.4 Å². The second-order valence-corrected chi connectivity index (χ2v) is 5.70. The van der Waals surface area contributed by atoms with Crippen LogP contribution in [0.4, 0.5) is 5.69 Å². The Kier molecular flexibility index (Phi) is 2.64. The number of rotatable bonds is 3. The van der Waals surface area contributed by atoms with Gasteiger partial charge in [-0.15, -0.1) is 0 Å². The van der Waals surface area contributed by atoms with E-state index in [9.17, 15) is 0 Å². The van der Waals surface area contributed by atoms with Gasteiger partial charge in [0, 0.05) is 0 Å². The van der Waals surface area contributed by atoms with Crippen LogP contribution in [0.1, 0.15) is 57.0 Å². The standard InChI is InChI=1S/C14H23N3/c1-3-11-14(15)12(4-2)17(16-11)13-8-9-5-6-10(13)7-9/h9-10,13H,3-8,15H2,1-2H3. The Morgan fingerprint density at radius 3 is 2.59 bits per heavy atom. The number of aryl methyl sites for hydroxylation is 1. The Hall–Kier alpha value is -0.990. The smallest absolute Gasteiger partial charge is 0.0854 e. The molecule has 2 N–H and O–H groups in total. The van der Waals surface area contributed by atoms with Crippen LogP contribution in [0.25, 0.3) is 0 Å². The maximum Gasteiger partial charge on any atom is 0.0854 e. The molecule has 17 heavy (non-hydrogen) atoms. The minimum atomic E-state index is 0.645. The van der Waals surface area contributed by atoms with Gasteiger partial charge >= 0.3 is 0 Å². The highest BCUT2D eigenvalue weighted by molar-refractivity contribution is 5.48. The molecule has 3 rings (SSSR count). The van der Waals surface area contributed by atoms with Crippen LogP contribution < -0.4 is 5.73 Å². The van der Waals surface area contributed by atoms with Gasteiger partial charge < -0.3 is 5.73 Å². The van der Waals surface area contributed by atoms with Crippen molar-refractivity contribution in [1.29, 1.82) is 0 Å². The molecule has 0 amide bonds. The molecule has 3 heteroatoms. The van der Waals surface area contributed by atoms with E-state index in [1.54, 1.807) is 0 Å². The minimum Gasteiger partial charge on any atom is -0.396 e. The SMILES string of the molecule is CCc1nn(C2CC3CCC2C3)c(CC)c1N. The molecule has 2 aliphatic carbocycles. The molecule has 0 aromatic carbocycles. The summed E-state index contributed by atoms with van der Waals surface area (Å²) in [5, 5.41) is 4.79. The fourth-order valence-corrected chi connectivity index (χ4v) is 3.93. The molecule has 2 bridgehead atoms. The summed E-state index contributed by atoms with van der Waals surface area (Å²) in [5.41, 5.74) is 9.54. The first-order valence-corrected chi connectivity index (χ1v) is 7.10. The van der Waals surface area contributed by atoms with E-state index in [4.69, 9.17) is 10.8 Å². The van der Waals surface area contributed by atoms with Crippen molar-refractivity contribution < 1.29 is 0 Å². The van der Waals surface area contributed by atoms with Gasteiger partial charge in [-0.3, -0.25) is 4.68 Å². The lowest BCUT2D eigenvalue weighted by atomic mass is 9.95. The Morgan fingerprint density at radius 2 is 2.06 bits per heavy atom. The summed E-state index contributed by atoms with van der Waals surface area (Å²) in [6.45, 7) is 4.33. The molecule has 0 spiro atoms. The van der Waals surface area contributed by atoms with Gasteiger partial charge in [0.1, 0.15) is 0 Å². The Bertz CT molecular complexity index is 421. The average Bonchev–Trinajstić information content (AvgIpc) is 3.01. The summed E-state index contributed by atoms with van der Waals surface area (Å²) in [4.78, 5) is 0. The van der Waals surface area contributed by atoms with Crippen molar-refractivity contribution in [3.8, 4) is 0 Å².